The molecule has 1 aromatic carbocycles. The smallest absolute Gasteiger partial charge is 0.348 e. The number of para-hydroxylation sites is 1. The molecule has 5 rings (SSSR count). The molecule has 2 aromatic heterocycles. The third kappa shape index (κ3) is 3.73. The molecule has 1 saturated carbocycles. The van der Waals surface area contributed by atoms with E-state index in [-0.39, 0.29) is 5.97 Å². The lowest BCUT2D eigenvalue weighted by molar-refractivity contribution is 0.0606. The van der Waals surface area contributed by atoms with E-state index in [0.717, 1.165) is 26.2 Å². The highest BCUT2D eigenvalue weighted by molar-refractivity contribution is 7.21. The van der Waals surface area contributed by atoms with Crippen LogP contribution >= 0.6 is 11.3 Å². The predicted molar refractivity (Wildman–Crippen MR) is 133 cm³/mol. The first-order valence-corrected chi connectivity index (χ1v) is 12.6. The van der Waals surface area contributed by atoms with E-state index in [1.807, 2.05) is 0 Å². The largest absolute Gasteiger partial charge is 0.465 e. The molecule has 5 nitrogen and oxygen atoms in total. The number of fused-ring (bicyclic) bond motifs is 5. The molecule has 3 heterocycles. The van der Waals surface area contributed by atoms with Crippen molar-refractivity contribution in [3.05, 3.63) is 40.8 Å². The SMILES string of the molecule is COC(=O)c1cc2c(s1)c(C1CCCCC1)c1n2CCN(CCN(C)C)c2ccccc2-1. The lowest BCUT2D eigenvalue weighted by atomic mass is 9.83. The number of hydrogen-bond acceptors (Lipinski definition) is 5. The summed E-state index contributed by atoms with van der Waals surface area (Å²) in [5.41, 5.74) is 6.74. The van der Waals surface area contributed by atoms with Crippen LogP contribution in [0.3, 0.4) is 0 Å². The van der Waals surface area contributed by atoms with Gasteiger partial charge in [-0.05, 0) is 50.6 Å². The molecule has 6 heteroatoms. The molecule has 0 radical (unpaired) electrons. The first-order chi connectivity index (χ1) is 15.6. The molecule has 0 N–H and O–H groups in total. The molecule has 0 amide bonds. The average Bonchev–Trinajstić information content (AvgIpc) is 3.31. The summed E-state index contributed by atoms with van der Waals surface area (Å²) in [6.07, 6.45) is 6.40. The van der Waals surface area contributed by atoms with Gasteiger partial charge in [0.15, 0.2) is 0 Å². The lowest BCUT2D eigenvalue weighted by Crippen LogP contribution is -2.33. The maximum absolute atomic E-state index is 12.4. The van der Waals surface area contributed by atoms with Gasteiger partial charge < -0.3 is 19.1 Å². The Balaban J connectivity index is 1.70. The monoisotopic (exact) mass is 451 g/mol. The summed E-state index contributed by atoms with van der Waals surface area (Å²) >= 11 is 1.62. The van der Waals surface area contributed by atoms with E-state index in [0.29, 0.717) is 10.8 Å². The maximum Gasteiger partial charge on any atom is 0.348 e. The number of nitrogens with zero attached hydrogens (tertiary/aromatic N) is 3. The second-order valence-corrected chi connectivity index (χ2v) is 10.4. The first kappa shape index (κ1) is 21.5. The zero-order chi connectivity index (χ0) is 22.2. The van der Waals surface area contributed by atoms with Crippen LogP contribution < -0.4 is 4.90 Å². The van der Waals surface area contributed by atoms with Gasteiger partial charge in [-0.25, -0.2) is 4.79 Å². The molecule has 0 saturated heterocycles. The van der Waals surface area contributed by atoms with Crippen LogP contribution in [0.2, 0.25) is 0 Å². The summed E-state index contributed by atoms with van der Waals surface area (Å²) in [5, 5.41) is 0. The number of esters is 1. The van der Waals surface area contributed by atoms with Gasteiger partial charge in [0.1, 0.15) is 4.88 Å². The summed E-state index contributed by atoms with van der Waals surface area (Å²) in [7, 11) is 5.75. The van der Waals surface area contributed by atoms with Crippen molar-refractivity contribution < 1.29 is 9.53 Å². The Hall–Kier alpha value is -2.31. The number of anilines is 1. The molecule has 2 aliphatic rings. The van der Waals surface area contributed by atoms with Crippen molar-refractivity contribution in [2.45, 2.75) is 44.6 Å². The predicted octanol–water partition coefficient (Wildman–Crippen LogP) is 5.59. The van der Waals surface area contributed by atoms with Gasteiger partial charge >= 0.3 is 5.97 Å². The van der Waals surface area contributed by atoms with E-state index < -0.39 is 0 Å². The van der Waals surface area contributed by atoms with Crippen LogP contribution in [-0.4, -0.2) is 56.3 Å². The summed E-state index contributed by atoms with van der Waals surface area (Å²) in [5.74, 6) is 0.338. The quantitative estimate of drug-likeness (QED) is 0.474. The van der Waals surface area contributed by atoms with Crippen molar-refractivity contribution in [1.82, 2.24) is 9.47 Å². The van der Waals surface area contributed by atoms with Crippen molar-refractivity contribution in [3.63, 3.8) is 0 Å². The van der Waals surface area contributed by atoms with E-state index in [1.54, 1.807) is 11.3 Å². The van der Waals surface area contributed by atoms with Crippen LogP contribution in [0.1, 0.15) is 53.3 Å². The minimum Gasteiger partial charge on any atom is -0.465 e. The third-order valence-corrected chi connectivity index (χ3v) is 8.22. The van der Waals surface area contributed by atoms with Gasteiger partial charge in [0, 0.05) is 37.4 Å². The van der Waals surface area contributed by atoms with Crippen molar-refractivity contribution in [3.8, 4) is 11.3 Å². The van der Waals surface area contributed by atoms with Crippen LogP contribution in [0.15, 0.2) is 30.3 Å². The Kier molecular flexibility index (Phi) is 5.99. The Morgan fingerprint density at radius 3 is 2.69 bits per heavy atom. The van der Waals surface area contributed by atoms with Crippen LogP contribution in [0.4, 0.5) is 5.69 Å². The first-order valence-electron chi connectivity index (χ1n) is 11.8. The second-order valence-electron chi connectivity index (χ2n) is 9.37. The molecular weight excluding hydrogens is 418 g/mol. The number of aromatic nitrogens is 1. The molecule has 0 bridgehead atoms. The fourth-order valence-corrected chi connectivity index (χ4v) is 6.69. The Morgan fingerprint density at radius 2 is 1.94 bits per heavy atom. The highest BCUT2D eigenvalue weighted by Crippen LogP contribution is 2.49. The van der Waals surface area contributed by atoms with Gasteiger partial charge in [-0.2, -0.15) is 0 Å². The van der Waals surface area contributed by atoms with E-state index in [4.69, 9.17) is 4.74 Å². The van der Waals surface area contributed by atoms with E-state index in [2.05, 4.69) is 58.8 Å². The minimum atomic E-state index is -0.225. The summed E-state index contributed by atoms with van der Waals surface area (Å²) in [6.45, 7) is 3.93. The normalized spacial score (nSPS) is 16.8. The van der Waals surface area contributed by atoms with Crippen molar-refractivity contribution in [2.75, 3.05) is 45.7 Å². The van der Waals surface area contributed by atoms with E-state index in [1.165, 1.54) is 71.9 Å². The highest BCUT2D eigenvalue weighted by atomic mass is 32.1. The number of methoxy groups -OCH3 is 1. The van der Waals surface area contributed by atoms with Gasteiger partial charge in [-0.1, -0.05) is 37.5 Å². The van der Waals surface area contributed by atoms with Gasteiger partial charge in [0.25, 0.3) is 0 Å². The van der Waals surface area contributed by atoms with Gasteiger partial charge in [0.05, 0.1) is 23.0 Å². The molecule has 32 heavy (non-hydrogen) atoms. The molecular formula is C26H33N3O2S. The number of likely N-dealkylation sites (N-methyl/N-ethyl adjacent to an activating group) is 1. The molecule has 170 valence electrons. The minimum absolute atomic E-state index is 0.225. The standard InChI is InChI=1S/C26H33N3O2S/c1-27(2)13-14-28-15-16-29-21-17-22(26(30)31-3)32-25(21)23(18-9-5-4-6-10-18)24(29)19-11-7-8-12-20(19)28/h7-8,11-12,17-18H,4-6,9-10,13-16H2,1-3H3. The molecule has 1 fully saturated rings. The zero-order valence-electron chi connectivity index (χ0n) is 19.4. The Morgan fingerprint density at radius 1 is 1.16 bits per heavy atom. The topological polar surface area (TPSA) is 37.7 Å². The van der Waals surface area contributed by atoms with Crippen molar-refractivity contribution in [1.29, 1.82) is 0 Å². The number of rotatable bonds is 5. The van der Waals surface area contributed by atoms with Gasteiger partial charge in [0.2, 0.25) is 0 Å². The highest BCUT2D eigenvalue weighted by Gasteiger charge is 2.32. The number of thiophene rings is 1. The molecule has 1 aliphatic heterocycles. The fraction of sp³-hybridized carbons (Fsp3) is 0.500. The second kappa shape index (κ2) is 8.91. The Labute approximate surface area is 194 Å². The summed E-state index contributed by atoms with van der Waals surface area (Å²) in [6, 6.07) is 11.0. The van der Waals surface area contributed by atoms with Crippen LogP contribution in [0.25, 0.3) is 21.5 Å². The van der Waals surface area contributed by atoms with Gasteiger partial charge in [-0.15, -0.1) is 11.3 Å². The summed E-state index contributed by atoms with van der Waals surface area (Å²) < 4.78 is 8.86. The number of ether oxygens (including phenoxy) is 1. The fourth-order valence-electron chi connectivity index (χ4n) is 5.49. The third-order valence-electron chi connectivity index (χ3n) is 7.08. The van der Waals surface area contributed by atoms with Crippen molar-refractivity contribution >= 4 is 33.2 Å². The lowest BCUT2D eigenvalue weighted by Gasteiger charge is -2.27. The number of hydrogen-bond donors (Lipinski definition) is 0. The van der Waals surface area contributed by atoms with Crippen LogP contribution in [0, 0.1) is 0 Å². The Bertz CT molecular complexity index is 1120. The summed E-state index contributed by atoms with van der Waals surface area (Å²) in [4.78, 5) is 17.9. The zero-order valence-corrected chi connectivity index (χ0v) is 20.2. The van der Waals surface area contributed by atoms with E-state index in [9.17, 15) is 4.79 Å². The number of carbonyl (C=O) groups excluding carboxylic acids is 1. The number of carbonyl (C=O) groups is 1. The molecule has 1 aliphatic carbocycles. The van der Waals surface area contributed by atoms with Crippen LogP contribution in [0.5, 0.6) is 0 Å². The van der Waals surface area contributed by atoms with Gasteiger partial charge in [-0.3, -0.25) is 0 Å². The molecule has 3 aromatic rings. The maximum atomic E-state index is 12.4. The molecule has 0 atom stereocenters. The molecule has 0 unspecified atom stereocenters. The molecule has 0 spiro atoms. The average molecular weight is 452 g/mol. The van der Waals surface area contributed by atoms with Crippen LogP contribution in [-0.2, 0) is 11.3 Å². The van der Waals surface area contributed by atoms with Crippen molar-refractivity contribution in [2.24, 2.45) is 0 Å². The number of benzene rings is 1. The van der Waals surface area contributed by atoms with E-state index >= 15 is 0 Å².